The third kappa shape index (κ3) is 3.55. The van der Waals surface area contributed by atoms with E-state index in [4.69, 9.17) is 10.2 Å². The maximum absolute atomic E-state index is 10.5. The third-order valence-electron chi connectivity index (χ3n) is 1.71. The van der Waals surface area contributed by atoms with Crippen molar-refractivity contribution in [2.45, 2.75) is 6.42 Å². The summed E-state index contributed by atoms with van der Waals surface area (Å²) in [6.07, 6.45) is 2.45. The Bertz CT molecular complexity index is 208. The van der Waals surface area contributed by atoms with E-state index in [1.54, 1.807) is 0 Å². The molecule has 72 valence electrons. The molecule has 0 saturated carbocycles. The molecule has 0 rings (SSSR count). The van der Waals surface area contributed by atoms with Crippen LogP contribution < -0.4 is 0 Å². The van der Waals surface area contributed by atoms with E-state index in [0.29, 0.717) is 0 Å². The molecule has 4 nitrogen and oxygen atoms in total. The highest BCUT2D eigenvalue weighted by atomic mass is 16.4. The smallest absolute Gasteiger partial charge is 0.310 e. The molecule has 0 fully saturated rings. The van der Waals surface area contributed by atoms with Crippen LogP contribution in [0.25, 0.3) is 0 Å². The summed E-state index contributed by atoms with van der Waals surface area (Å²) in [5, 5.41) is 17.2. The maximum atomic E-state index is 10.5. The topological polar surface area (TPSA) is 74.6 Å². The van der Waals surface area contributed by atoms with E-state index >= 15 is 0 Å². The fraction of sp³-hybridized carbons (Fsp3) is 0.333. The van der Waals surface area contributed by atoms with Gasteiger partial charge in [-0.1, -0.05) is 12.2 Å². The summed E-state index contributed by atoms with van der Waals surface area (Å²) in [6, 6.07) is 0. The van der Waals surface area contributed by atoms with E-state index in [-0.39, 0.29) is 6.42 Å². The Kier molecular flexibility index (Phi) is 4.51. The Morgan fingerprint density at radius 3 is 1.54 bits per heavy atom. The molecule has 0 aromatic carbocycles. The molecule has 0 spiro atoms. The lowest BCUT2D eigenvalue weighted by Crippen LogP contribution is -2.19. The van der Waals surface area contributed by atoms with Crippen molar-refractivity contribution in [2.24, 2.45) is 11.8 Å². The highest BCUT2D eigenvalue weighted by molar-refractivity contribution is 5.76. The average molecular weight is 184 g/mol. The number of rotatable bonds is 6. The lowest BCUT2D eigenvalue weighted by molar-refractivity contribution is -0.143. The minimum absolute atomic E-state index is 0.00231. The van der Waals surface area contributed by atoms with E-state index in [0.717, 1.165) is 0 Å². The quantitative estimate of drug-likeness (QED) is 0.607. The Hall–Kier alpha value is -1.58. The summed E-state index contributed by atoms with van der Waals surface area (Å²) in [6.45, 7) is 6.64. The summed E-state index contributed by atoms with van der Waals surface area (Å²) in [4.78, 5) is 21.0. The zero-order valence-electron chi connectivity index (χ0n) is 7.14. The first-order chi connectivity index (χ1) is 6.02. The van der Waals surface area contributed by atoms with Gasteiger partial charge in [0.2, 0.25) is 0 Å². The zero-order chi connectivity index (χ0) is 10.4. The van der Waals surface area contributed by atoms with Crippen LogP contribution in [-0.2, 0) is 9.59 Å². The second kappa shape index (κ2) is 5.13. The van der Waals surface area contributed by atoms with Gasteiger partial charge in [-0.25, -0.2) is 0 Å². The maximum Gasteiger partial charge on any atom is 0.310 e. The fourth-order valence-electron chi connectivity index (χ4n) is 0.869. The molecule has 0 aromatic rings. The Balaban J connectivity index is 4.36. The van der Waals surface area contributed by atoms with Gasteiger partial charge in [-0.2, -0.15) is 0 Å². The third-order valence-corrected chi connectivity index (χ3v) is 1.71. The summed E-state index contributed by atoms with van der Waals surface area (Å²) in [7, 11) is 0. The van der Waals surface area contributed by atoms with Crippen molar-refractivity contribution in [3.63, 3.8) is 0 Å². The molecule has 0 aliphatic carbocycles. The van der Waals surface area contributed by atoms with Crippen LogP contribution in [0.15, 0.2) is 25.3 Å². The van der Waals surface area contributed by atoms with E-state index in [1.807, 2.05) is 0 Å². The van der Waals surface area contributed by atoms with Crippen molar-refractivity contribution in [2.75, 3.05) is 0 Å². The van der Waals surface area contributed by atoms with Crippen LogP contribution in [-0.4, -0.2) is 22.2 Å². The molecular formula is C9H12O4. The van der Waals surface area contributed by atoms with Crippen LogP contribution in [0.4, 0.5) is 0 Å². The van der Waals surface area contributed by atoms with Crippen LogP contribution in [0.3, 0.4) is 0 Å². The van der Waals surface area contributed by atoms with Crippen LogP contribution in [0.5, 0.6) is 0 Å². The Labute approximate surface area is 76.2 Å². The molecule has 0 heterocycles. The molecule has 4 heteroatoms. The molecule has 0 amide bonds. The molecule has 0 bridgehead atoms. The molecule has 0 saturated heterocycles. The molecule has 0 aliphatic rings. The molecule has 13 heavy (non-hydrogen) atoms. The molecule has 0 aliphatic heterocycles. The van der Waals surface area contributed by atoms with Gasteiger partial charge in [0.15, 0.2) is 0 Å². The summed E-state index contributed by atoms with van der Waals surface area (Å²) in [5.74, 6) is -3.80. The van der Waals surface area contributed by atoms with Gasteiger partial charge in [0, 0.05) is 0 Å². The fourth-order valence-corrected chi connectivity index (χ4v) is 0.869. The first-order valence-electron chi connectivity index (χ1n) is 3.73. The van der Waals surface area contributed by atoms with Crippen LogP contribution in [0.2, 0.25) is 0 Å². The second-order valence-corrected chi connectivity index (χ2v) is 2.60. The average Bonchev–Trinajstić information content (AvgIpc) is 2.05. The highest BCUT2D eigenvalue weighted by Crippen LogP contribution is 2.15. The van der Waals surface area contributed by atoms with Crippen LogP contribution >= 0.6 is 0 Å². The molecular weight excluding hydrogens is 172 g/mol. The van der Waals surface area contributed by atoms with Gasteiger partial charge in [0.05, 0.1) is 11.8 Å². The monoisotopic (exact) mass is 184 g/mol. The van der Waals surface area contributed by atoms with Crippen molar-refractivity contribution >= 4 is 11.9 Å². The number of hydrogen-bond acceptors (Lipinski definition) is 2. The molecule has 2 atom stereocenters. The van der Waals surface area contributed by atoms with Gasteiger partial charge in [-0.05, 0) is 6.42 Å². The van der Waals surface area contributed by atoms with Gasteiger partial charge in [-0.3, -0.25) is 9.59 Å². The normalized spacial score (nSPS) is 14.2. The summed E-state index contributed by atoms with van der Waals surface area (Å²) in [5.41, 5.74) is 0. The summed E-state index contributed by atoms with van der Waals surface area (Å²) >= 11 is 0. The van der Waals surface area contributed by atoms with E-state index in [1.165, 1.54) is 12.2 Å². The highest BCUT2D eigenvalue weighted by Gasteiger charge is 2.22. The van der Waals surface area contributed by atoms with Crippen molar-refractivity contribution in [3.05, 3.63) is 25.3 Å². The lowest BCUT2D eigenvalue weighted by atomic mass is 9.95. The zero-order valence-corrected chi connectivity index (χ0v) is 7.14. The van der Waals surface area contributed by atoms with Gasteiger partial charge in [0.1, 0.15) is 0 Å². The van der Waals surface area contributed by atoms with Gasteiger partial charge >= 0.3 is 11.9 Å². The number of carbonyl (C=O) groups is 2. The van der Waals surface area contributed by atoms with E-state index < -0.39 is 23.8 Å². The number of carboxylic acid groups (broad SMARTS) is 2. The van der Waals surface area contributed by atoms with Crippen molar-refractivity contribution in [1.29, 1.82) is 0 Å². The minimum Gasteiger partial charge on any atom is -0.481 e. The Morgan fingerprint density at radius 1 is 1.08 bits per heavy atom. The van der Waals surface area contributed by atoms with Crippen molar-refractivity contribution < 1.29 is 19.8 Å². The molecule has 0 aromatic heterocycles. The van der Waals surface area contributed by atoms with Crippen molar-refractivity contribution in [1.82, 2.24) is 0 Å². The first-order valence-corrected chi connectivity index (χ1v) is 3.73. The molecule has 2 N–H and O–H groups in total. The molecule has 0 radical (unpaired) electrons. The van der Waals surface area contributed by atoms with Gasteiger partial charge < -0.3 is 10.2 Å². The standard InChI is InChI=1S/C9H12O4/c1-3-6(8(10)11)5-7(4-2)9(12)13/h3-4,6-7H,1-2,5H2,(H,10,11)(H,12,13). The number of hydrogen-bond donors (Lipinski definition) is 2. The largest absolute Gasteiger partial charge is 0.481 e. The van der Waals surface area contributed by atoms with Crippen molar-refractivity contribution in [3.8, 4) is 0 Å². The number of aliphatic carboxylic acids is 2. The minimum atomic E-state index is -1.07. The van der Waals surface area contributed by atoms with Crippen LogP contribution in [0, 0.1) is 11.8 Å². The summed E-state index contributed by atoms with van der Waals surface area (Å²) < 4.78 is 0. The SMILES string of the molecule is C=CC(CC(C=C)C(=O)O)C(=O)O. The van der Waals surface area contributed by atoms with Gasteiger partial charge in [-0.15, -0.1) is 13.2 Å². The van der Waals surface area contributed by atoms with E-state index in [9.17, 15) is 9.59 Å². The predicted molar refractivity (Wildman–Crippen MR) is 47.3 cm³/mol. The van der Waals surface area contributed by atoms with Crippen LogP contribution in [0.1, 0.15) is 6.42 Å². The first kappa shape index (κ1) is 11.4. The predicted octanol–water partition coefficient (Wildman–Crippen LogP) is 1.15. The second-order valence-electron chi connectivity index (χ2n) is 2.60. The molecule has 2 unspecified atom stereocenters. The number of carboxylic acids is 2. The lowest BCUT2D eigenvalue weighted by Gasteiger charge is -2.10. The van der Waals surface area contributed by atoms with E-state index in [2.05, 4.69) is 13.2 Å². The van der Waals surface area contributed by atoms with Gasteiger partial charge in [0.25, 0.3) is 0 Å². The Morgan fingerprint density at radius 2 is 1.38 bits per heavy atom.